The number of hydrogen-bond acceptors (Lipinski definition) is 3. The number of nitrogens with two attached hydrogens (primary N) is 1. The number of nitrogens with one attached hydrogen (secondary N) is 1. The molecule has 0 fully saturated rings. The zero-order valence-electron chi connectivity index (χ0n) is 12.7. The summed E-state index contributed by atoms with van der Waals surface area (Å²) < 4.78 is 5.19. The van der Waals surface area contributed by atoms with Crippen molar-refractivity contribution in [1.29, 1.82) is 5.26 Å². The molecule has 0 atom stereocenters. The highest BCUT2D eigenvalue weighted by atomic mass is 16.5. The van der Waals surface area contributed by atoms with Gasteiger partial charge in [0.25, 0.3) is 5.82 Å². The second kappa shape index (κ2) is 6.27. The van der Waals surface area contributed by atoms with Crippen LogP contribution in [-0.4, -0.2) is 7.11 Å². The number of nitrogens with zero attached hydrogens (tertiary/aromatic N) is 1. The third-order valence-corrected chi connectivity index (χ3v) is 3.59. The molecule has 0 saturated carbocycles. The van der Waals surface area contributed by atoms with E-state index >= 15 is 0 Å². The monoisotopic (exact) mass is 282 g/mol. The van der Waals surface area contributed by atoms with Crippen LogP contribution < -0.4 is 15.5 Å². The fourth-order valence-electron chi connectivity index (χ4n) is 2.57. The predicted molar refractivity (Wildman–Crippen MR) is 82.8 cm³/mol. The zero-order valence-corrected chi connectivity index (χ0v) is 12.7. The summed E-state index contributed by atoms with van der Waals surface area (Å²) in [5.41, 5.74) is 10.6. The van der Waals surface area contributed by atoms with Crippen LogP contribution in [0.2, 0.25) is 0 Å². The average Bonchev–Trinajstić information content (AvgIpc) is 2.50. The Bertz CT molecular complexity index is 685. The fourth-order valence-corrected chi connectivity index (χ4v) is 2.57. The molecule has 2 aromatic rings. The Hall–Kier alpha value is -2.54. The van der Waals surface area contributed by atoms with Crippen LogP contribution in [0.5, 0.6) is 5.75 Å². The van der Waals surface area contributed by atoms with E-state index in [1.54, 1.807) is 7.11 Å². The highest BCUT2D eigenvalue weighted by Gasteiger charge is 2.20. The van der Waals surface area contributed by atoms with Crippen molar-refractivity contribution < 1.29 is 9.72 Å². The van der Waals surface area contributed by atoms with Crippen LogP contribution >= 0.6 is 0 Å². The number of ether oxygens (including phenoxy) is 1. The first-order valence-corrected chi connectivity index (χ1v) is 7.01. The summed E-state index contributed by atoms with van der Waals surface area (Å²) in [7, 11) is 1.64. The smallest absolute Gasteiger partial charge is 0.289 e. The lowest BCUT2D eigenvalue weighted by molar-refractivity contribution is -0.371. The van der Waals surface area contributed by atoms with Gasteiger partial charge in [0, 0.05) is 11.1 Å². The van der Waals surface area contributed by atoms with Gasteiger partial charge in [0.2, 0.25) is 0 Å². The molecule has 0 spiro atoms. The van der Waals surface area contributed by atoms with Gasteiger partial charge in [0.05, 0.1) is 7.11 Å². The highest BCUT2D eigenvalue weighted by molar-refractivity contribution is 5.77. The van der Waals surface area contributed by atoms with Crippen molar-refractivity contribution in [2.24, 2.45) is 0 Å². The van der Waals surface area contributed by atoms with Crippen molar-refractivity contribution in [3.05, 3.63) is 41.1 Å². The number of nitrogen functional groups attached to an aromatic ring is 1. The summed E-state index contributed by atoms with van der Waals surface area (Å²) in [5, 5.41) is 9.47. The Kier molecular flexibility index (Phi) is 4.44. The van der Waals surface area contributed by atoms with E-state index in [4.69, 9.17) is 10.5 Å². The highest BCUT2D eigenvalue weighted by Crippen LogP contribution is 2.32. The molecule has 0 aliphatic heterocycles. The minimum atomic E-state index is 0.417. The van der Waals surface area contributed by atoms with Crippen LogP contribution in [-0.2, 0) is 6.42 Å². The molecule has 0 radical (unpaired) electrons. The van der Waals surface area contributed by atoms with E-state index in [0.29, 0.717) is 11.4 Å². The summed E-state index contributed by atoms with van der Waals surface area (Å²) >= 11 is 0. The second-order valence-electron chi connectivity index (χ2n) is 4.98. The normalized spacial score (nSPS) is 10.2. The van der Waals surface area contributed by atoms with Gasteiger partial charge in [0.15, 0.2) is 0 Å². The first-order valence-electron chi connectivity index (χ1n) is 7.01. The molecule has 0 saturated heterocycles. The van der Waals surface area contributed by atoms with Gasteiger partial charge in [-0.15, -0.1) is 0 Å². The van der Waals surface area contributed by atoms with Crippen molar-refractivity contribution in [2.75, 3.05) is 12.8 Å². The van der Waals surface area contributed by atoms with Gasteiger partial charge in [-0.2, -0.15) is 5.26 Å². The van der Waals surface area contributed by atoms with E-state index in [9.17, 15) is 5.26 Å². The molecular weight excluding hydrogens is 262 g/mol. The van der Waals surface area contributed by atoms with E-state index in [1.165, 1.54) is 0 Å². The number of methoxy groups -OCH3 is 1. The minimum Gasteiger partial charge on any atom is -0.497 e. The Morgan fingerprint density at radius 2 is 1.95 bits per heavy atom. The predicted octanol–water partition coefficient (Wildman–Crippen LogP) is 2.89. The van der Waals surface area contributed by atoms with Gasteiger partial charge in [-0.1, -0.05) is 25.5 Å². The number of H-pyrrole nitrogens is 1. The lowest BCUT2D eigenvalue weighted by Crippen LogP contribution is -2.20. The second-order valence-corrected chi connectivity index (χ2v) is 4.98. The van der Waals surface area contributed by atoms with Gasteiger partial charge < -0.3 is 4.74 Å². The molecule has 21 heavy (non-hydrogen) atoms. The van der Waals surface area contributed by atoms with Crippen molar-refractivity contribution in [1.82, 2.24) is 0 Å². The number of hydrogen-bond donors (Lipinski definition) is 1. The summed E-state index contributed by atoms with van der Waals surface area (Å²) in [4.78, 5) is 3.11. The largest absolute Gasteiger partial charge is 0.497 e. The SMILES string of the molecule is CCCc1c(C)[nH+]c(N)c(C#N)c1-c1ccc(OC)cc1. The van der Waals surface area contributed by atoms with E-state index in [1.807, 2.05) is 31.2 Å². The number of pyridine rings is 1. The Balaban J connectivity index is 2.71. The average molecular weight is 282 g/mol. The molecule has 0 bridgehead atoms. The Labute approximate surface area is 125 Å². The van der Waals surface area contributed by atoms with Crippen molar-refractivity contribution in [3.8, 4) is 22.9 Å². The third kappa shape index (κ3) is 2.82. The number of aromatic amines is 1. The standard InChI is InChI=1S/C17H19N3O/c1-4-5-14-11(2)20-17(19)15(10-18)16(14)12-6-8-13(21-3)9-7-12/h6-9H,4-5H2,1-3H3,(H2,19,20)/p+1. The van der Waals surface area contributed by atoms with Crippen molar-refractivity contribution in [3.63, 3.8) is 0 Å². The first-order chi connectivity index (χ1) is 10.1. The lowest BCUT2D eigenvalue weighted by Gasteiger charge is -2.13. The van der Waals surface area contributed by atoms with E-state index in [0.717, 1.165) is 41.0 Å². The number of anilines is 1. The molecule has 0 aliphatic carbocycles. The molecule has 2 rings (SSSR count). The van der Waals surface area contributed by atoms with Gasteiger partial charge in [-0.05, 0) is 31.0 Å². The van der Waals surface area contributed by atoms with Crippen LogP contribution in [0.4, 0.5) is 5.82 Å². The van der Waals surface area contributed by atoms with Gasteiger partial charge in [-0.3, -0.25) is 5.73 Å². The van der Waals surface area contributed by atoms with Gasteiger partial charge >= 0.3 is 0 Å². The molecule has 1 aromatic carbocycles. The molecule has 1 aromatic heterocycles. The minimum absolute atomic E-state index is 0.417. The Morgan fingerprint density at radius 1 is 1.29 bits per heavy atom. The zero-order chi connectivity index (χ0) is 15.4. The summed E-state index contributed by atoms with van der Waals surface area (Å²) in [5.74, 6) is 1.21. The lowest BCUT2D eigenvalue weighted by atomic mass is 9.92. The quantitative estimate of drug-likeness (QED) is 0.937. The summed E-state index contributed by atoms with van der Waals surface area (Å²) in [6, 6.07) is 9.95. The molecule has 0 amide bonds. The first kappa shape index (κ1) is 14.9. The molecule has 3 N–H and O–H groups in total. The van der Waals surface area contributed by atoms with Crippen molar-refractivity contribution >= 4 is 5.82 Å². The van der Waals surface area contributed by atoms with Crippen LogP contribution in [0.25, 0.3) is 11.1 Å². The maximum absolute atomic E-state index is 9.47. The number of aryl methyl sites for hydroxylation is 1. The van der Waals surface area contributed by atoms with Crippen LogP contribution in [0.1, 0.15) is 30.2 Å². The molecule has 1 heterocycles. The van der Waals surface area contributed by atoms with Crippen molar-refractivity contribution in [2.45, 2.75) is 26.7 Å². The molecule has 0 unspecified atom stereocenters. The van der Waals surface area contributed by atoms with Gasteiger partial charge in [0.1, 0.15) is 23.1 Å². The van der Waals surface area contributed by atoms with E-state index < -0.39 is 0 Å². The van der Waals surface area contributed by atoms with E-state index in [-0.39, 0.29) is 0 Å². The molecule has 108 valence electrons. The van der Waals surface area contributed by atoms with Gasteiger partial charge in [-0.25, -0.2) is 4.98 Å². The molecule has 0 aliphatic rings. The summed E-state index contributed by atoms with van der Waals surface area (Å²) in [6.45, 7) is 4.12. The number of aromatic nitrogens is 1. The number of benzene rings is 1. The topological polar surface area (TPSA) is 73.2 Å². The fraction of sp³-hybridized carbons (Fsp3) is 0.294. The Morgan fingerprint density at radius 3 is 2.48 bits per heavy atom. The number of nitriles is 1. The maximum atomic E-state index is 9.47. The van der Waals surface area contributed by atoms with Crippen LogP contribution in [0, 0.1) is 18.3 Å². The molecule has 4 nitrogen and oxygen atoms in total. The summed E-state index contributed by atoms with van der Waals surface area (Å²) in [6.07, 6.45) is 1.91. The van der Waals surface area contributed by atoms with E-state index in [2.05, 4.69) is 18.0 Å². The van der Waals surface area contributed by atoms with Crippen LogP contribution in [0.3, 0.4) is 0 Å². The molecular formula is C17H20N3O+. The third-order valence-electron chi connectivity index (χ3n) is 3.59. The van der Waals surface area contributed by atoms with Crippen LogP contribution in [0.15, 0.2) is 24.3 Å². The number of rotatable bonds is 4. The maximum Gasteiger partial charge on any atom is 0.289 e. The molecule has 4 heteroatoms.